The van der Waals surface area contributed by atoms with Crippen molar-refractivity contribution in [2.45, 2.75) is 70.4 Å². The van der Waals surface area contributed by atoms with Gasteiger partial charge in [0.25, 0.3) is 0 Å². The highest BCUT2D eigenvalue weighted by atomic mass is 28.4. The Morgan fingerprint density at radius 1 is 1.13 bits per heavy atom. The van der Waals surface area contributed by atoms with Crippen LogP contribution in [-0.4, -0.2) is 43.6 Å². The fraction of sp³-hybridized carbons (Fsp3) is 0.684. The van der Waals surface area contributed by atoms with Gasteiger partial charge >= 0.3 is 0 Å². The Morgan fingerprint density at radius 3 is 2.30 bits per heavy atom. The summed E-state index contributed by atoms with van der Waals surface area (Å²) in [6.07, 6.45) is 2.18. The molecule has 1 aromatic rings. The van der Waals surface area contributed by atoms with Gasteiger partial charge in [-0.2, -0.15) is 0 Å². The number of likely N-dealkylation sites (tertiary alicyclic amines) is 1. The molecule has 2 atom stereocenters. The van der Waals surface area contributed by atoms with E-state index in [9.17, 15) is 5.11 Å². The summed E-state index contributed by atoms with van der Waals surface area (Å²) in [5, 5.41) is 9.96. The van der Waals surface area contributed by atoms with Crippen LogP contribution in [0.1, 0.15) is 39.2 Å². The van der Waals surface area contributed by atoms with Crippen molar-refractivity contribution in [2.24, 2.45) is 0 Å². The standard InChI is InChI=1S/C19H33NO2Si/c1-19(2,3)23(4,5)22-15-18-12-11-17(14-21)20(18)13-16-9-7-6-8-10-16/h6-10,17-18,21H,11-15H2,1-5H3/t17-,18+/m1/s1. The average molecular weight is 336 g/mol. The van der Waals surface area contributed by atoms with Crippen LogP contribution in [0, 0.1) is 0 Å². The summed E-state index contributed by atoms with van der Waals surface area (Å²) in [7, 11) is -1.72. The van der Waals surface area contributed by atoms with Gasteiger partial charge in [0.2, 0.25) is 0 Å². The van der Waals surface area contributed by atoms with Crippen LogP contribution < -0.4 is 0 Å². The molecule has 1 heterocycles. The molecular formula is C19H33NO2Si. The van der Waals surface area contributed by atoms with Crippen molar-refractivity contribution < 1.29 is 9.53 Å². The molecule has 0 spiro atoms. The van der Waals surface area contributed by atoms with Crippen LogP contribution in [0.5, 0.6) is 0 Å². The molecule has 0 bridgehead atoms. The first-order valence-corrected chi connectivity index (χ1v) is 11.7. The van der Waals surface area contributed by atoms with Crippen molar-refractivity contribution in [3.8, 4) is 0 Å². The molecule has 0 unspecified atom stereocenters. The van der Waals surface area contributed by atoms with E-state index in [-0.39, 0.29) is 17.7 Å². The lowest BCUT2D eigenvalue weighted by molar-refractivity contribution is 0.0928. The van der Waals surface area contributed by atoms with Gasteiger partial charge < -0.3 is 9.53 Å². The number of nitrogens with zero attached hydrogens (tertiary/aromatic N) is 1. The highest BCUT2D eigenvalue weighted by Gasteiger charge is 2.40. The van der Waals surface area contributed by atoms with E-state index in [0.29, 0.717) is 6.04 Å². The lowest BCUT2D eigenvalue weighted by Gasteiger charge is -2.38. The van der Waals surface area contributed by atoms with E-state index in [1.165, 1.54) is 5.56 Å². The normalized spacial score (nSPS) is 23.4. The number of hydrogen-bond donors (Lipinski definition) is 1. The Bertz CT molecular complexity index is 484. The molecule has 3 nitrogen and oxygen atoms in total. The summed E-state index contributed by atoms with van der Waals surface area (Å²) in [5.41, 5.74) is 1.31. The van der Waals surface area contributed by atoms with E-state index in [4.69, 9.17) is 4.43 Å². The summed E-state index contributed by atoms with van der Waals surface area (Å²) in [6, 6.07) is 11.2. The predicted molar refractivity (Wildman–Crippen MR) is 99.0 cm³/mol. The Balaban J connectivity index is 2.02. The van der Waals surface area contributed by atoms with E-state index in [2.05, 4.69) is 69.1 Å². The van der Waals surface area contributed by atoms with Crippen LogP contribution in [0.4, 0.5) is 0 Å². The molecule has 0 aliphatic carbocycles. The van der Waals surface area contributed by atoms with Crippen LogP contribution >= 0.6 is 0 Å². The second-order valence-electron chi connectivity index (χ2n) is 8.30. The van der Waals surface area contributed by atoms with E-state index < -0.39 is 8.32 Å². The first kappa shape index (κ1) is 18.7. The van der Waals surface area contributed by atoms with Crippen molar-refractivity contribution in [2.75, 3.05) is 13.2 Å². The van der Waals surface area contributed by atoms with Gasteiger partial charge in [-0.3, -0.25) is 4.90 Å². The van der Waals surface area contributed by atoms with Crippen molar-refractivity contribution >= 4 is 8.32 Å². The molecule has 1 aromatic carbocycles. The molecule has 0 radical (unpaired) electrons. The van der Waals surface area contributed by atoms with Crippen molar-refractivity contribution in [3.63, 3.8) is 0 Å². The van der Waals surface area contributed by atoms with Crippen LogP contribution in [0.3, 0.4) is 0 Å². The third-order valence-electron chi connectivity index (χ3n) is 5.63. The fourth-order valence-corrected chi connectivity index (χ4v) is 4.01. The van der Waals surface area contributed by atoms with Gasteiger partial charge in [-0.25, -0.2) is 0 Å². The van der Waals surface area contributed by atoms with E-state index in [1.54, 1.807) is 0 Å². The fourth-order valence-electron chi connectivity index (χ4n) is 2.96. The van der Waals surface area contributed by atoms with Gasteiger partial charge in [0.15, 0.2) is 8.32 Å². The zero-order valence-electron chi connectivity index (χ0n) is 15.4. The number of rotatable bonds is 6. The largest absolute Gasteiger partial charge is 0.415 e. The molecule has 1 fully saturated rings. The summed E-state index contributed by atoms with van der Waals surface area (Å²) in [4.78, 5) is 2.45. The molecule has 1 aliphatic heterocycles. The maximum absolute atomic E-state index is 9.72. The second-order valence-corrected chi connectivity index (χ2v) is 13.1. The number of aliphatic hydroxyl groups is 1. The van der Waals surface area contributed by atoms with E-state index >= 15 is 0 Å². The van der Waals surface area contributed by atoms with E-state index in [1.807, 2.05) is 0 Å². The highest BCUT2D eigenvalue weighted by molar-refractivity contribution is 6.74. The number of benzene rings is 1. The molecule has 23 heavy (non-hydrogen) atoms. The van der Waals surface area contributed by atoms with E-state index in [0.717, 1.165) is 26.0 Å². The molecule has 1 saturated heterocycles. The minimum atomic E-state index is -1.72. The van der Waals surface area contributed by atoms with Gasteiger partial charge in [0.05, 0.1) is 6.61 Å². The SMILES string of the molecule is CC(C)(C)[Si](C)(C)OC[C@@H]1CC[C@H](CO)N1Cc1ccccc1. The summed E-state index contributed by atoms with van der Waals surface area (Å²) < 4.78 is 6.45. The molecule has 0 aromatic heterocycles. The summed E-state index contributed by atoms with van der Waals surface area (Å²) >= 11 is 0. The Hall–Kier alpha value is -0.683. The lowest BCUT2D eigenvalue weighted by atomic mass is 10.2. The summed E-state index contributed by atoms with van der Waals surface area (Å²) in [6.45, 7) is 13.4. The second kappa shape index (κ2) is 7.47. The highest BCUT2D eigenvalue weighted by Crippen LogP contribution is 2.37. The van der Waals surface area contributed by atoms with Crippen LogP contribution in [0.15, 0.2) is 30.3 Å². The maximum atomic E-state index is 9.72. The van der Waals surface area contributed by atoms with Crippen molar-refractivity contribution in [1.29, 1.82) is 0 Å². The first-order valence-electron chi connectivity index (χ1n) is 8.79. The van der Waals surface area contributed by atoms with Crippen LogP contribution in [0.25, 0.3) is 0 Å². The predicted octanol–water partition coefficient (Wildman–Crippen LogP) is 4.03. The summed E-state index contributed by atoms with van der Waals surface area (Å²) in [5.74, 6) is 0. The Morgan fingerprint density at radius 2 is 1.74 bits per heavy atom. The molecule has 1 N–H and O–H groups in total. The monoisotopic (exact) mass is 335 g/mol. The quantitative estimate of drug-likeness (QED) is 0.797. The average Bonchev–Trinajstić information content (AvgIpc) is 2.87. The third-order valence-corrected chi connectivity index (χ3v) is 10.1. The molecule has 130 valence electrons. The third kappa shape index (κ3) is 4.66. The molecule has 4 heteroatoms. The van der Waals surface area contributed by atoms with Gasteiger partial charge in [0, 0.05) is 25.2 Å². The molecule has 0 amide bonds. The zero-order chi connectivity index (χ0) is 17.1. The topological polar surface area (TPSA) is 32.7 Å². The smallest absolute Gasteiger partial charge is 0.192 e. The van der Waals surface area contributed by atoms with Crippen molar-refractivity contribution in [1.82, 2.24) is 4.90 Å². The Labute approximate surface area is 142 Å². The van der Waals surface area contributed by atoms with Crippen LogP contribution in [0.2, 0.25) is 18.1 Å². The maximum Gasteiger partial charge on any atom is 0.192 e. The lowest BCUT2D eigenvalue weighted by Crippen LogP contribution is -2.46. The first-order chi connectivity index (χ1) is 10.7. The molecule has 2 rings (SSSR count). The number of hydrogen-bond acceptors (Lipinski definition) is 3. The molecular weight excluding hydrogens is 302 g/mol. The Kier molecular flexibility index (Phi) is 6.06. The van der Waals surface area contributed by atoms with Gasteiger partial charge in [-0.15, -0.1) is 0 Å². The minimum Gasteiger partial charge on any atom is -0.415 e. The number of aliphatic hydroxyl groups excluding tert-OH is 1. The minimum absolute atomic E-state index is 0.240. The van der Waals surface area contributed by atoms with Gasteiger partial charge in [0.1, 0.15) is 0 Å². The molecule has 0 saturated carbocycles. The van der Waals surface area contributed by atoms with Gasteiger partial charge in [-0.1, -0.05) is 51.1 Å². The van der Waals surface area contributed by atoms with Crippen molar-refractivity contribution in [3.05, 3.63) is 35.9 Å². The van der Waals surface area contributed by atoms with Gasteiger partial charge in [-0.05, 0) is 36.5 Å². The zero-order valence-corrected chi connectivity index (χ0v) is 16.4. The van der Waals surface area contributed by atoms with Crippen LogP contribution in [-0.2, 0) is 11.0 Å². The molecule has 1 aliphatic rings.